The summed E-state index contributed by atoms with van der Waals surface area (Å²) < 4.78 is 0. The number of rotatable bonds is 3. The van der Waals surface area contributed by atoms with Crippen molar-refractivity contribution in [2.45, 2.75) is 40.5 Å². The van der Waals surface area contributed by atoms with Gasteiger partial charge in [-0.2, -0.15) is 0 Å². The zero-order valence-corrected chi connectivity index (χ0v) is 13.2. The van der Waals surface area contributed by atoms with Crippen molar-refractivity contribution < 1.29 is 4.79 Å². The van der Waals surface area contributed by atoms with Crippen LogP contribution in [0.1, 0.15) is 52.6 Å². The van der Waals surface area contributed by atoms with E-state index in [0.29, 0.717) is 22.9 Å². The van der Waals surface area contributed by atoms with Gasteiger partial charge in [0.25, 0.3) is 5.91 Å². The van der Waals surface area contributed by atoms with E-state index in [2.05, 4.69) is 35.2 Å². The van der Waals surface area contributed by atoms with Gasteiger partial charge in [-0.3, -0.25) is 4.79 Å². The minimum atomic E-state index is -0.151. The van der Waals surface area contributed by atoms with Gasteiger partial charge in [0.15, 0.2) is 0 Å². The number of aryl methyl sites for hydroxylation is 3. The van der Waals surface area contributed by atoms with Crippen molar-refractivity contribution in [3.05, 3.63) is 52.6 Å². The van der Waals surface area contributed by atoms with Gasteiger partial charge >= 0.3 is 0 Å². The summed E-state index contributed by atoms with van der Waals surface area (Å²) in [4.78, 5) is 20.8. The SMILES string of the molecule is Cc1cccc(C(C)C)c1NC(=O)c1c(C)ncnc1C. The molecular weight excluding hydrogens is 262 g/mol. The molecule has 2 aromatic rings. The lowest BCUT2D eigenvalue weighted by atomic mass is 9.98. The molecule has 1 N–H and O–H groups in total. The van der Waals surface area contributed by atoms with Gasteiger partial charge in [0.2, 0.25) is 0 Å². The molecule has 4 nitrogen and oxygen atoms in total. The maximum atomic E-state index is 12.6. The van der Waals surface area contributed by atoms with Crippen LogP contribution in [-0.2, 0) is 0 Å². The number of hydrogen-bond acceptors (Lipinski definition) is 3. The molecule has 0 aliphatic rings. The summed E-state index contributed by atoms with van der Waals surface area (Å²) in [6, 6.07) is 6.07. The fraction of sp³-hybridized carbons (Fsp3) is 0.353. The third kappa shape index (κ3) is 3.10. The van der Waals surface area contributed by atoms with Crippen molar-refractivity contribution in [2.24, 2.45) is 0 Å². The van der Waals surface area contributed by atoms with Crippen molar-refractivity contribution in [1.82, 2.24) is 9.97 Å². The summed E-state index contributed by atoms with van der Waals surface area (Å²) >= 11 is 0. The summed E-state index contributed by atoms with van der Waals surface area (Å²) in [7, 11) is 0. The van der Waals surface area contributed by atoms with Gasteiger partial charge in [0, 0.05) is 5.69 Å². The van der Waals surface area contributed by atoms with E-state index in [-0.39, 0.29) is 5.91 Å². The van der Waals surface area contributed by atoms with Crippen LogP contribution in [0.4, 0.5) is 5.69 Å². The molecule has 21 heavy (non-hydrogen) atoms. The molecule has 1 aromatic heterocycles. The summed E-state index contributed by atoms with van der Waals surface area (Å²) in [6.07, 6.45) is 1.48. The molecule has 0 saturated heterocycles. The third-order valence-corrected chi connectivity index (χ3v) is 3.62. The van der Waals surface area contributed by atoms with E-state index < -0.39 is 0 Å². The maximum absolute atomic E-state index is 12.6. The number of nitrogens with zero attached hydrogens (tertiary/aromatic N) is 2. The molecule has 1 heterocycles. The van der Waals surface area contributed by atoms with Crippen LogP contribution >= 0.6 is 0 Å². The molecule has 4 heteroatoms. The van der Waals surface area contributed by atoms with Crippen LogP contribution in [0, 0.1) is 20.8 Å². The van der Waals surface area contributed by atoms with Crippen LogP contribution < -0.4 is 5.32 Å². The molecule has 0 aliphatic carbocycles. The number of para-hydroxylation sites is 1. The average molecular weight is 283 g/mol. The zero-order chi connectivity index (χ0) is 15.6. The van der Waals surface area contributed by atoms with E-state index in [1.807, 2.05) is 32.9 Å². The Bertz CT molecular complexity index is 657. The van der Waals surface area contributed by atoms with Crippen molar-refractivity contribution in [3.8, 4) is 0 Å². The lowest BCUT2D eigenvalue weighted by Crippen LogP contribution is -2.18. The van der Waals surface area contributed by atoms with Gasteiger partial charge in [-0.05, 0) is 37.8 Å². The molecule has 1 aromatic carbocycles. The van der Waals surface area contributed by atoms with Gasteiger partial charge in [-0.15, -0.1) is 0 Å². The predicted molar refractivity (Wildman–Crippen MR) is 84.7 cm³/mol. The number of carbonyl (C=O) groups is 1. The van der Waals surface area contributed by atoms with E-state index in [9.17, 15) is 4.79 Å². The first-order valence-corrected chi connectivity index (χ1v) is 7.11. The second kappa shape index (κ2) is 6.04. The molecule has 2 rings (SSSR count). The number of nitrogens with one attached hydrogen (secondary N) is 1. The monoisotopic (exact) mass is 283 g/mol. The second-order valence-corrected chi connectivity index (χ2v) is 5.57. The fourth-order valence-electron chi connectivity index (χ4n) is 2.44. The molecule has 110 valence electrons. The van der Waals surface area contributed by atoms with Gasteiger partial charge in [-0.25, -0.2) is 9.97 Å². The lowest BCUT2D eigenvalue weighted by Gasteiger charge is -2.17. The largest absolute Gasteiger partial charge is 0.321 e. The summed E-state index contributed by atoms with van der Waals surface area (Å²) in [5.41, 5.74) is 5.02. The quantitative estimate of drug-likeness (QED) is 0.932. The minimum Gasteiger partial charge on any atom is -0.321 e. The molecule has 0 fully saturated rings. The number of aromatic nitrogens is 2. The topological polar surface area (TPSA) is 54.9 Å². The Morgan fingerprint density at radius 1 is 1.10 bits per heavy atom. The molecule has 0 aliphatic heterocycles. The number of carbonyl (C=O) groups excluding carboxylic acids is 1. The van der Waals surface area contributed by atoms with Crippen LogP contribution in [-0.4, -0.2) is 15.9 Å². The number of anilines is 1. The average Bonchev–Trinajstić information content (AvgIpc) is 2.40. The second-order valence-electron chi connectivity index (χ2n) is 5.57. The van der Waals surface area contributed by atoms with Gasteiger partial charge in [-0.1, -0.05) is 32.0 Å². The van der Waals surface area contributed by atoms with Crippen LogP contribution in [0.15, 0.2) is 24.5 Å². The van der Waals surface area contributed by atoms with Gasteiger partial charge in [0.05, 0.1) is 17.0 Å². The molecule has 0 spiro atoms. The zero-order valence-electron chi connectivity index (χ0n) is 13.2. The van der Waals surface area contributed by atoms with Crippen LogP contribution in [0.3, 0.4) is 0 Å². The summed E-state index contributed by atoms with van der Waals surface area (Å²) in [5.74, 6) is 0.191. The molecule has 0 unspecified atom stereocenters. The smallest absolute Gasteiger partial charge is 0.259 e. The lowest BCUT2D eigenvalue weighted by molar-refractivity contribution is 0.102. The van der Waals surface area contributed by atoms with Crippen LogP contribution in [0.25, 0.3) is 0 Å². The van der Waals surface area contributed by atoms with E-state index in [0.717, 1.165) is 16.8 Å². The Balaban J connectivity index is 2.41. The van der Waals surface area contributed by atoms with Crippen LogP contribution in [0.5, 0.6) is 0 Å². The highest BCUT2D eigenvalue weighted by molar-refractivity contribution is 6.06. The maximum Gasteiger partial charge on any atom is 0.259 e. The van der Waals surface area contributed by atoms with E-state index in [1.54, 1.807) is 0 Å². The van der Waals surface area contributed by atoms with Gasteiger partial charge in [0.1, 0.15) is 6.33 Å². The molecule has 0 saturated carbocycles. The Morgan fingerprint density at radius 2 is 1.71 bits per heavy atom. The molecule has 0 bridgehead atoms. The van der Waals surface area contributed by atoms with Crippen molar-refractivity contribution >= 4 is 11.6 Å². The first-order chi connectivity index (χ1) is 9.91. The molecule has 1 amide bonds. The Morgan fingerprint density at radius 3 is 2.29 bits per heavy atom. The highest BCUT2D eigenvalue weighted by atomic mass is 16.1. The normalized spacial score (nSPS) is 10.8. The highest BCUT2D eigenvalue weighted by Crippen LogP contribution is 2.28. The Hall–Kier alpha value is -2.23. The Labute approximate surface area is 125 Å². The third-order valence-electron chi connectivity index (χ3n) is 3.62. The summed E-state index contributed by atoms with van der Waals surface area (Å²) in [6.45, 7) is 9.89. The molecule has 0 atom stereocenters. The fourth-order valence-corrected chi connectivity index (χ4v) is 2.44. The minimum absolute atomic E-state index is 0.151. The van der Waals surface area contributed by atoms with Crippen molar-refractivity contribution in [1.29, 1.82) is 0 Å². The summed E-state index contributed by atoms with van der Waals surface area (Å²) in [5, 5.41) is 3.04. The molecule has 0 radical (unpaired) electrons. The van der Waals surface area contributed by atoms with E-state index in [4.69, 9.17) is 0 Å². The standard InChI is InChI=1S/C17H21N3O/c1-10(2)14-8-6-7-11(3)16(14)20-17(21)15-12(4)18-9-19-13(15)5/h6-10H,1-5H3,(H,20,21). The van der Waals surface area contributed by atoms with Crippen LogP contribution in [0.2, 0.25) is 0 Å². The predicted octanol–water partition coefficient (Wildman–Crippen LogP) is 3.78. The van der Waals surface area contributed by atoms with Gasteiger partial charge < -0.3 is 5.32 Å². The van der Waals surface area contributed by atoms with E-state index >= 15 is 0 Å². The number of benzene rings is 1. The Kier molecular flexibility index (Phi) is 4.36. The van der Waals surface area contributed by atoms with Crippen molar-refractivity contribution in [3.63, 3.8) is 0 Å². The first kappa shape index (κ1) is 15.2. The highest BCUT2D eigenvalue weighted by Gasteiger charge is 2.17. The number of amides is 1. The van der Waals surface area contributed by atoms with Crippen molar-refractivity contribution in [2.75, 3.05) is 5.32 Å². The number of hydrogen-bond donors (Lipinski definition) is 1. The molecular formula is C17H21N3O. The van der Waals surface area contributed by atoms with E-state index in [1.165, 1.54) is 6.33 Å². The first-order valence-electron chi connectivity index (χ1n) is 7.11.